The third kappa shape index (κ3) is 8.13. The lowest BCUT2D eigenvalue weighted by atomic mass is 10.2. The number of pyridine rings is 1. The average Bonchev–Trinajstić information content (AvgIpc) is 2.73. The number of aromatic nitrogens is 1. The summed E-state index contributed by atoms with van der Waals surface area (Å²) < 4.78 is 84.8. The summed E-state index contributed by atoms with van der Waals surface area (Å²) in [6.45, 7) is 2.58. The van der Waals surface area contributed by atoms with Crippen molar-refractivity contribution in [3.8, 4) is 0 Å². The first-order chi connectivity index (χ1) is 15.6. The molecular weight excluding hydrogens is 493 g/mol. The molecule has 0 amide bonds. The van der Waals surface area contributed by atoms with Crippen molar-refractivity contribution in [2.75, 3.05) is 23.2 Å². The van der Waals surface area contributed by atoms with Crippen LogP contribution in [0.5, 0.6) is 0 Å². The maximum atomic E-state index is 13.3. The second kappa shape index (κ2) is 11.6. The van der Waals surface area contributed by atoms with Crippen molar-refractivity contribution in [2.24, 2.45) is 0 Å². The summed E-state index contributed by atoms with van der Waals surface area (Å²) in [5.41, 5.74) is -0.288. The number of halogens is 5. The molecule has 1 aromatic carbocycles. The molecule has 15 heteroatoms. The molecule has 0 atom stereocenters. The first kappa shape index (κ1) is 28.5. The molecule has 0 fully saturated rings. The van der Waals surface area contributed by atoms with Gasteiger partial charge >= 0.3 is 18.1 Å². The number of hydrogen-bond acceptors (Lipinski definition) is 6. The highest BCUT2D eigenvalue weighted by Gasteiger charge is 2.38. The molecule has 0 saturated carbocycles. The molecule has 0 aliphatic carbocycles. The van der Waals surface area contributed by atoms with Gasteiger partial charge in [0.1, 0.15) is 11.4 Å². The van der Waals surface area contributed by atoms with E-state index in [1.54, 1.807) is 11.9 Å². The van der Waals surface area contributed by atoms with Gasteiger partial charge in [0.15, 0.2) is 11.6 Å². The maximum Gasteiger partial charge on any atom is 0.490 e. The molecule has 2 aromatic rings. The van der Waals surface area contributed by atoms with Crippen LogP contribution in [0.25, 0.3) is 0 Å². The quantitative estimate of drug-likeness (QED) is 0.454. The highest BCUT2D eigenvalue weighted by molar-refractivity contribution is 7.92. The smallest absolute Gasteiger partial charge is 0.478 e. The number of nitrogens with one attached hydrogen (secondary N) is 1. The van der Waals surface area contributed by atoms with Gasteiger partial charge in [0.2, 0.25) is 0 Å². The van der Waals surface area contributed by atoms with E-state index in [1.807, 2.05) is 6.92 Å². The van der Waals surface area contributed by atoms with Crippen LogP contribution >= 0.6 is 0 Å². The number of nitrogens with zero attached hydrogens (tertiary/aromatic N) is 2. The van der Waals surface area contributed by atoms with Crippen LogP contribution in [-0.2, 0) is 14.8 Å². The normalized spacial score (nSPS) is 11.3. The van der Waals surface area contributed by atoms with E-state index >= 15 is 0 Å². The summed E-state index contributed by atoms with van der Waals surface area (Å²) in [6.07, 6.45) is -2.16. The van der Waals surface area contributed by atoms with Gasteiger partial charge in [-0.2, -0.15) is 13.2 Å². The Morgan fingerprint density at radius 3 is 2.18 bits per heavy atom. The Morgan fingerprint density at radius 1 is 1.12 bits per heavy atom. The van der Waals surface area contributed by atoms with Gasteiger partial charge in [0, 0.05) is 13.6 Å². The first-order valence-electron chi connectivity index (χ1n) is 9.32. The lowest BCUT2D eigenvalue weighted by molar-refractivity contribution is -0.192. The van der Waals surface area contributed by atoms with Crippen molar-refractivity contribution >= 4 is 33.5 Å². The molecule has 1 heterocycles. The van der Waals surface area contributed by atoms with E-state index in [9.17, 15) is 40.3 Å². The standard InChI is InChI=1S/C17H19F2N3O4S.C2HF3O2/c1-3-4-7-22(2)16-13(17(23)24)8-11(10-20-16)21-27(25,26)12-5-6-14(18)15(19)9-12;3-2(4,5)1(6)7/h5-6,8-10,21H,3-4,7H2,1-2H3,(H,23,24);(H,6,7). The van der Waals surface area contributed by atoms with E-state index in [4.69, 9.17) is 9.90 Å². The zero-order valence-electron chi connectivity index (χ0n) is 17.7. The molecule has 0 unspecified atom stereocenters. The van der Waals surface area contributed by atoms with Crippen LogP contribution in [0.2, 0.25) is 0 Å². The second-order valence-corrected chi connectivity index (χ2v) is 8.34. The van der Waals surface area contributed by atoms with E-state index in [0.29, 0.717) is 18.7 Å². The zero-order valence-corrected chi connectivity index (χ0v) is 18.5. The van der Waals surface area contributed by atoms with Gasteiger partial charge in [-0.1, -0.05) is 13.3 Å². The molecule has 188 valence electrons. The Bertz CT molecular complexity index is 1140. The number of hydrogen-bond donors (Lipinski definition) is 3. The molecule has 0 aliphatic rings. The van der Waals surface area contributed by atoms with Crippen molar-refractivity contribution in [3.05, 3.63) is 47.7 Å². The predicted octanol–water partition coefficient (Wildman–Crippen LogP) is 3.73. The van der Waals surface area contributed by atoms with Gasteiger partial charge in [-0.25, -0.2) is 31.8 Å². The Balaban J connectivity index is 0.000000718. The summed E-state index contributed by atoms with van der Waals surface area (Å²) in [7, 11) is -2.56. The minimum atomic E-state index is -5.08. The summed E-state index contributed by atoms with van der Waals surface area (Å²) in [6, 6.07) is 3.26. The van der Waals surface area contributed by atoms with Crippen LogP contribution < -0.4 is 9.62 Å². The molecule has 0 radical (unpaired) electrons. The highest BCUT2D eigenvalue weighted by Crippen LogP contribution is 2.23. The minimum Gasteiger partial charge on any atom is -0.478 e. The van der Waals surface area contributed by atoms with Gasteiger partial charge in [-0.15, -0.1) is 0 Å². The second-order valence-electron chi connectivity index (χ2n) is 6.66. The number of carboxylic acids is 2. The van der Waals surface area contributed by atoms with Crippen LogP contribution in [0.3, 0.4) is 0 Å². The Morgan fingerprint density at radius 2 is 1.71 bits per heavy atom. The molecule has 0 saturated heterocycles. The predicted molar refractivity (Wildman–Crippen MR) is 110 cm³/mol. The molecule has 3 N–H and O–H groups in total. The van der Waals surface area contributed by atoms with Crippen molar-refractivity contribution in [1.29, 1.82) is 0 Å². The molecule has 34 heavy (non-hydrogen) atoms. The van der Waals surface area contributed by atoms with E-state index in [0.717, 1.165) is 25.0 Å². The van der Waals surface area contributed by atoms with Gasteiger partial charge in [0.25, 0.3) is 10.0 Å². The third-order valence-electron chi connectivity index (χ3n) is 4.00. The van der Waals surface area contributed by atoms with E-state index in [2.05, 4.69) is 9.71 Å². The SMILES string of the molecule is CCCCN(C)c1ncc(NS(=O)(=O)c2ccc(F)c(F)c2)cc1C(=O)O.O=C(O)C(F)(F)F. The number of anilines is 2. The Kier molecular flexibility index (Phi) is 9.72. The number of rotatable bonds is 8. The minimum absolute atomic E-state index is 0.107. The summed E-state index contributed by atoms with van der Waals surface area (Å²) in [5.74, 6) is -6.31. The molecule has 0 aliphatic heterocycles. The fourth-order valence-electron chi connectivity index (χ4n) is 2.33. The Labute approximate surface area is 190 Å². The number of sulfonamides is 1. The molecular formula is C19H20F5N3O6S. The lowest BCUT2D eigenvalue weighted by Crippen LogP contribution is -2.23. The van der Waals surface area contributed by atoms with Crippen LogP contribution in [0.15, 0.2) is 35.4 Å². The van der Waals surface area contributed by atoms with Gasteiger partial charge in [0.05, 0.1) is 16.8 Å². The number of carbonyl (C=O) groups is 2. The Hall–Kier alpha value is -3.49. The number of aromatic carboxylic acids is 1. The van der Waals surface area contributed by atoms with Crippen molar-refractivity contribution in [1.82, 2.24) is 4.98 Å². The lowest BCUT2D eigenvalue weighted by Gasteiger charge is -2.20. The number of alkyl halides is 3. The van der Waals surface area contributed by atoms with Crippen LogP contribution in [0.4, 0.5) is 33.5 Å². The first-order valence-corrected chi connectivity index (χ1v) is 10.8. The third-order valence-corrected chi connectivity index (χ3v) is 5.38. The summed E-state index contributed by atoms with van der Waals surface area (Å²) in [4.78, 5) is 25.6. The van der Waals surface area contributed by atoms with Crippen LogP contribution in [0.1, 0.15) is 30.1 Å². The fourth-order valence-corrected chi connectivity index (χ4v) is 3.38. The number of carboxylic acid groups (broad SMARTS) is 2. The molecule has 1 aromatic heterocycles. The van der Waals surface area contributed by atoms with Gasteiger partial charge < -0.3 is 15.1 Å². The van der Waals surface area contributed by atoms with E-state index in [-0.39, 0.29) is 17.1 Å². The van der Waals surface area contributed by atoms with Gasteiger partial charge in [-0.3, -0.25) is 4.72 Å². The van der Waals surface area contributed by atoms with Crippen LogP contribution in [0, 0.1) is 11.6 Å². The number of unbranched alkanes of at least 4 members (excludes halogenated alkanes) is 1. The van der Waals surface area contributed by atoms with Gasteiger partial charge in [-0.05, 0) is 30.7 Å². The van der Waals surface area contributed by atoms with Crippen molar-refractivity contribution in [3.63, 3.8) is 0 Å². The largest absolute Gasteiger partial charge is 0.490 e. The monoisotopic (exact) mass is 513 g/mol. The van der Waals surface area contributed by atoms with E-state index in [1.165, 1.54) is 6.20 Å². The number of aliphatic carboxylic acids is 1. The van der Waals surface area contributed by atoms with Crippen LogP contribution in [-0.4, -0.2) is 55.3 Å². The number of benzene rings is 1. The molecule has 0 spiro atoms. The maximum absolute atomic E-state index is 13.3. The van der Waals surface area contributed by atoms with Crippen molar-refractivity contribution in [2.45, 2.75) is 30.8 Å². The topological polar surface area (TPSA) is 137 Å². The highest BCUT2D eigenvalue weighted by atomic mass is 32.2. The molecule has 9 nitrogen and oxygen atoms in total. The summed E-state index contributed by atoms with van der Waals surface area (Å²) in [5, 5.41) is 16.5. The molecule has 2 rings (SSSR count). The summed E-state index contributed by atoms with van der Waals surface area (Å²) >= 11 is 0. The fraction of sp³-hybridized carbons (Fsp3) is 0.316. The van der Waals surface area contributed by atoms with Crippen molar-refractivity contribution < 1.29 is 50.2 Å². The zero-order chi connectivity index (χ0) is 26.3. The average molecular weight is 513 g/mol. The van der Waals surface area contributed by atoms with E-state index < -0.39 is 44.7 Å². The molecule has 0 bridgehead atoms.